The topological polar surface area (TPSA) is 92.7 Å². The highest BCUT2D eigenvalue weighted by molar-refractivity contribution is 7.17. The number of carboxylic acid groups (broad SMARTS) is 1. The number of ether oxygens (including phenoxy) is 1. The van der Waals surface area contributed by atoms with Gasteiger partial charge in [0.15, 0.2) is 0 Å². The fourth-order valence-corrected chi connectivity index (χ4v) is 6.75. The number of carboxylic acids is 1. The number of carbonyl (C=O) groups is 3. The van der Waals surface area contributed by atoms with Crippen LogP contribution in [0, 0.1) is 23.7 Å². The van der Waals surface area contributed by atoms with E-state index in [4.69, 9.17) is 4.74 Å². The van der Waals surface area contributed by atoms with Crippen LogP contribution in [0.1, 0.15) is 72.7 Å². The van der Waals surface area contributed by atoms with Gasteiger partial charge in [0.25, 0.3) is 0 Å². The van der Waals surface area contributed by atoms with Crippen LogP contribution in [-0.4, -0.2) is 29.6 Å². The number of nitrogens with one attached hydrogen (secondary N) is 1. The lowest BCUT2D eigenvalue weighted by molar-refractivity contribution is -0.148. The molecule has 1 aromatic heterocycles. The van der Waals surface area contributed by atoms with Gasteiger partial charge in [-0.05, 0) is 68.8 Å². The SMILES string of the molecule is CCCCOC(=O)c1c(NC(=O)[C@H]2[C@@H]3CC[C@@H](C3)[C@@H]2C(=O)O)sc2c1CCCC2. The minimum Gasteiger partial charge on any atom is -0.481 e. The van der Waals surface area contributed by atoms with E-state index >= 15 is 0 Å². The van der Waals surface area contributed by atoms with Gasteiger partial charge in [-0.2, -0.15) is 0 Å². The molecule has 4 rings (SSSR count). The molecule has 1 amide bonds. The fraction of sp³-hybridized carbons (Fsp3) is 0.682. The minimum absolute atomic E-state index is 0.100. The van der Waals surface area contributed by atoms with E-state index in [9.17, 15) is 19.5 Å². The molecule has 6 nitrogen and oxygen atoms in total. The molecule has 0 spiro atoms. The molecule has 1 heterocycles. The van der Waals surface area contributed by atoms with Gasteiger partial charge in [-0.1, -0.05) is 13.3 Å². The Kier molecular flexibility index (Phi) is 5.95. The third kappa shape index (κ3) is 3.81. The molecule has 0 aromatic carbocycles. The molecule has 2 bridgehead atoms. The van der Waals surface area contributed by atoms with Gasteiger partial charge in [-0.3, -0.25) is 9.59 Å². The number of amides is 1. The van der Waals surface area contributed by atoms with Crippen LogP contribution in [0.4, 0.5) is 5.00 Å². The molecule has 0 aliphatic heterocycles. The van der Waals surface area contributed by atoms with Gasteiger partial charge in [0, 0.05) is 4.88 Å². The first kappa shape index (κ1) is 20.4. The minimum atomic E-state index is -0.873. The summed E-state index contributed by atoms with van der Waals surface area (Å²) in [4.78, 5) is 38.9. The summed E-state index contributed by atoms with van der Waals surface area (Å²) in [6.07, 6.45) is 8.24. The third-order valence-electron chi connectivity index (χ3n) is 6.85. The molecule has 7 heteroatoms. The van der Waals surface area contributed by atoms with Gasteiger partial charge >= 0.3 is 11.9 Å². The van der Waals surface area contributed by atoms with Crippen molar-refractivity contribution in [3.63, 3.8) is 0 Å². The molecule has 4 atom stereocenters. The maximum Gasteiger partial charge on any atom is 0.341 e. The Bertz CT molecular complexity index is 816. The van der Waals surface area contributed by atoms with Crippen LogP contribution in [0.15, 0.2) is 0 Å². The molecule has 1 aromatic rings. The zero-order chi connectivity index (χ0) is 20.5. The maximum absolute atomic E-state index is 13.1. The molecule has 158 valence electrons. The van der Waals surface area contributed by atoms with Crippen LogP contribution < -0.4 is 5.32 Å². The average molecular weight is 420 g/mol. The van der Waals surface area contributed by atoms with Crippen LogP contribution in [-0.2, 0) is 27.2 Å². The second-order valence-corrected chi connectivity index (χ2v) is 9.72. The Morgan fingerprint density at radius 3 is 2.59 bits per heavy atom. The van der Waals surface area contributed by atoms with E-state index in [1.165, 1.54) is 11.3 Å². The van der Waals surface area contributed by atoms with Crippen LogP contribution in [0.5, 0.6) is 0 Å². The first-order chi connectivity index (χ1) is 14.0. The van der Waals surface area contributed by atoms with E-state index in [1.54, 1.807) is 0 Å². The van der Waals surface area contributed by atoms with E-state index in [2.05, 4.69) is 5.32 Å². The summed E-state index contributed by atoms with van der Waals surface area (Å²) in [6, 6.07) is 0. The molecule has 2 saturated carbocycles. The van der Waals surface area contributed by atoms with Crippen molar-refractivity contribution >= 4 is 34.2 Å². The van der Waals surface area contributed by atoms with E-state index < -0.39 is 17.8 Å². The van der Waals surface area contributed by atoms with Crippen LogP contribution in [0.3, 0.4) is 0 Å². The standard InChI is InChI=1S/C22H29NO5S/c1-2-3-10-28-22(27)18-14-6-4-5-7-15(14)29-20(18)23-19(24)16-12-8-9-13(11-12)17(16)21(25)26/h12-13,16-17H,2-11H2,1H3,(H,23,24)(H,25,26)/t12-,13+,16+,17+/m1/s1. The Morgan fingerprint density at radius 1 is 1.14 bits per heavy atom. The largest absolute Gasteiger partial charge is 0.481 e. The van der Waals surface area contributed by atoms with Crippen molar-refractivity contribution in [3.05, 3.63) is 16.0 Å². The van der Waals surface area contributed by atoms with Crippen LogP contribution in [0.25, 0.3) is 0 Å². The first-order valence-corrected chi connectivity index (χ1v) is 11.7. The summed E-state index contributed by atoms with van der Waals surface area (Å²) < 4.78 is 5.47. The van der Waals surface area contributed by atoms with Crippen molar-refractivity contribution in [3.8, 4) is 0 Å². The highest BCUT2D eigenvalue weighted by atomic mass is 32.1. The number of aliphatic carboxylic acids is 1. The van der Waals surface area contributed by atoms with Gasteiger partial charge in [0.05, 0.1) is 24.0 Å². The molecule has 3 aliphatic carbocycles. The quantitative estimate of drug-likeness (QED) is 0.509. The summed E-state index contributed by atoms with van der Waals surface area (Å²) >= 11 is 1.47. The van der Waals surface area contributed by atoms with Gasteiger partial charge in [0.1, 0.15) is 5.00 Å². The third-order valence-corrected chi connectivity index (χ3v) is 8.05. The Labute approximate surface area is 175 Å². The van der Waals surface area contributed by atoms with E-state index in [-0.39, 0.29) is 23.7 Å². The number of unbranched alkanes of at least 4 members (excludes halogenated alkanes) is 1. The number of fused-ring (bicyclic) bond motifs is 3. The van der Waals surface area contributed by atoms with Crippen LogP contribution >= 0.6 is 11.3 Å². The van der Waals surface area contributed by atoms with Gasteiger partial charge in [-0.25, -0.2) is 4.79 Å². The predicted octanol–water partition coefficient (Wildman–Crippen LogP) is 4.27. The lowest BCUT2D eigenvalue weighted by Crippen LogP contribution is -2.38. The lowest BCUT2D eigenvalue weighted by Gasteiger charge is -2.27. The van der Waals surface area contributed by atoms with Crippen molar-refractivity contribution < 1.29 is 24.2 Å². The number of rotatable bonds is 7. The van der Waals surface area contributed by atoms with E-state index in [0.29, 0.717) is 17.2 Å². The summed E-state index contributed by atoms with van der Waals surface area (Å²) in [5.41, 5.74) is 1.52. The van der Waals surface area contributed by atoms with Crippen molar-refractivity contribution in [1.29, 1.82) is 0 Å². The zero-order valence-corrected chi connectivity index (χ0v) is 17.7. The average Bonchev–Trinajstić information content (AvgIpc) is 3.40. The molecule has 2 fully saturated rings. The smallest absolute Gasteiger partial charge is 0.341 e. The number of aryl methyl sites for hydroxylation is 1. The second kappa shape index (κ2) is 8.46. The number of hydrogen-bond donors (Lipinski definition) is 2. The molecular weight excluding hydrogens is 390 g/mol. The van der Waals surface area contributed by atoms with Crippen molar-refractivity contribution in [2.45, 2.75) is 64.7 Å². The second-order valence-electron chi connectivity index (χ2n) is 8.62. The summed E-state index contributed by atoms with van der Waals surface area (Å²) in [5, 5.41) is 13.2. The van der Waals surface area contributed by atoms with Gasteiger partial charge in [0.2, 0.25) is 5.91 Å². The Hall–Kier alpha value is -1.89. The molecule has 0 radical (unpaired) electrons. The van der Waals surface area contributed by atoms with Crippen molar-refractivity contribution in [1.82, 2.24) is 0 Å². The normalized spacial score (nSPS) is 27.5. The number of hydrogen-bond acceptors (Lipinski definition) is 5. The van der Waals surface area contributed by atoms with Gasteiger partial charge < -0.3 is 15.2 Å². The molecule has 0 unspecified atom stereocenters. The Balaban J connectivity index is 1.58. The maximum atomic E-state index is 13.1. The highest BCUT2D eigenvalue weighted by Gasteiger charge is 2.54. The number of anilines is 1. The van der Waals surface area contributed by atoms with Crippen molar-refractivity contribution in [2.24, 2.45) is 23.7 Å². The van der Waals surface area contributed by atoms with Crippen LogP contribution in [0.2, 0.25) is 0 Å². The lowest BCUT2D eigenvalue weighted by atomic mass is 9.78. The Morgan fingerprint density at radius 2 is 1.86 bits per heavy atom. The first-order valence-electron chi connectivity index (χ1n) is 10.9. The number of esters is 1. The highest BCUT2D eigenvalue weighted by Crippen LogP contribution is 2.53. The van der Waals surface area contributed by atoms with E-state index in [0.717, 1.165) is 68.2 Å². The fourth-order valence-electron chi connectivity index (χ4n) is 5.47. The molecule has 29 heavy (non-hydrogen) atoms. The zero-order valence-electron chi connectivity index (χ0n) is 16.9. The summed E-state index contributed by atoms with van der Waals surface area (Å²) in [6.45, 7) is 2.42. The monoisotopic (exact) mass is 419 g/mol. The van der Waals surface area contributed by atoms with Gasteiger partial charge in [-0.15, -0.1) is 11.3 Å². The number of thiophene rings is 1. The number of carbonyl (C=O) groups excluding carboxylic acids is 2. The molecule has 0 saturated heterocycles. The molecular formula is C22H29NO5S. The predicted molar refractivity (Wildman–Crippen MR) is 110 cm³/mol. The molecule has 2 N–H and O–H groups in total. The van der Waals surface area contributed by atoms with E-state index in [1.807, 2.05) is 6.92 Å². The summed E-state index contributed by atoms with van der Waals surface area (Å²) in [7, 11) is 0. The summed E-state index contributed by atoms with van der Waals surface area (Å²) in [5.74, 6) is -2.36. The molecule has 3 aliphatic rings. The van der Waals surface area contributed by atoms with Crippen molar-refractivity contribution in [2.75, 3.05) is 11.9 Å².